The molecular formula is C15H24N2O. The van der Waals surface area contributed by atoms with Crippen LogP contribution in [0.5, 0.6) is 0 Å². The van der Waals surface area contributed by atoms with Crippen LogP contribution >= 0.6 is 0 Å². The summed E-state index contributed by atoms with van der Waals surface area (Å²) < 4.78 is 5.24. The van der Waals surface area contributed by atoms with Crippen molar-refractivity contribution >= 4 is 0 Å². The van der Waals surface area contributed by atoms with Gasteiger partial charge in [0.1, 0.15) is 0 Å². The molecule has 1 aliphatic heterocycles. The summed E-state index contributed by atoms with van der Waals surface area (Å²) in [6.45, 7) is 5.00. The van der Waals surface area contributed by atoms with Crippen LogP contribution in [0.4, 0.5) is 0 Å². The number of likely N-dealkylation sites (tertiary alicyclic amines) is 1. The molecule has 3 nitrogen and oxygen atoms in total. The predicted molar refractivity (Wildman–Crippen MR) is 74.7 cm³/mol. The van der Waals surface area contributed by atoms with E-state index >= 15 is 0 Å². The molecule has 0 radical (unpaired) electrons. The molecule has 2 atom stereocenters. The van der Waals surface area contributed by atoms with Crippen LogP contribution in [0.3, 0.4) is 0 Å². The second-order valence-electron chi connectivity index (χ2n) is 5.21. The van der Waals surface area contributed by atoms with Crippen LogP contribution in [0.25, 0.3) is 0 Å². The molecule has 1 heterocycles. The van der Waals surface area contributed by atoms with E-state index in [4.69, 9.17) is 10.5 Å². The van der Waals surface area contributed by atoms with Crippen LogP contribution in [0.2, 0.25) is 0 Å². The molecule has 1 fully saturated rings. The summed E-state index contributed by atoms with van der Waals surface area (Å²) in [4.78, 5) is 2.52. The number of rotatable bonds is 6. The molecule has 1 aliphatic rings. The quantitative estimate of drug-likeness (QED) is 0.832. The molecule has 0 saturated carbocycles. The second-order valence-corrected chi connectivity index (χ2v) is 5.21. The number of benzene rings is 1. The molecule has 100 valence electrons. The zero-order chi connectivity index (χ0) is 12.8. The van der Waals surface area contributed by atoms with Gasteiger partial charge in [-0.3, -0.25) is 0 Å². The first-order valence-corrected chi connectivity index (χ1v) is 6.79. The predicted octanol–water partition coefficient (Wildman–Crippen LogP) is 1.70. The number of ether oxygens (including phenoxy) is 1. The minimum absolute atomic E-state index is 0.451. The summed E-state index contributed by atoms with van der Waals surface area (Å²) in [5, 5.41) is 0. The molecule has 0 amide bonds. The van der Waals surface area contributed by atoms with Gasteiger partial charge in [0, 0.05) is 32.7 Å². The fourth-order valence-corrected chi connectivity index (χ4v) is 2.80. The number of hydrogen-bond donors (Lipinski definition) is 1. The van der Waals surface area contributed by atoms with Gasteiger partial charge in [-0.2, -0.15) is 0 Å². The smallest absolute Gasteiger partial charge is 0.0503 e. The lowest BCUT2D eigenvalue weighted by atomic mass is 9.99. The van der Waals surface area contributed by atoms with Gasteiger partial charge in [0.2, 0.25) is 0 Å². The first kappa shape index (κ1) is 13.5. The van der Waals surface area contributed by atoms with E-state index in [1.165, 1.54) is 18.5 Å². The molecule has 3 heteroatoms. The maximum absolute atomic E-state index is 5.92. The molecule has 2 unspecified atom stereocenters. The molecule has 0 spiro atoms. The van der Waals surface area contributed by atoms with Gasteiger partial charge in [0.25, 0.3) is 0 Å². The monoisotopic (exact) mass is 248 g/mol. The summed E-state index contributed by atoms with van der Waals surface area (Å²) >= 11 is 0. The van der Waals surface area contributed by atoms with Gasteiger partial charge < -0.3 is 15.4 Å². The molecule has 1 saturated heterocycles. The minimum Gasteiger partial charge on any atom is -0.384 e. The highest BCUT2D eigenvalue weighted by molar-refractivity contribution is 5.20. The molecule has 0 bridgehead atoms. The van der Waals surface area contributed by atoms with Gasteiger partial charge in [-0.1, -0.05) is 30.3 Å². The third-order valence-electron chi connectivity index (χ3n) is 3.81. The summed E-state index contributed by atoms with van der Waals surface area (Å²) in [6, 6.07) is 10.6. The topological polar surface area (TPSA) is 38.5 Å². The van der Waals surface area contributed by atoms with Gasteiger partial charge in [-0.15, -0.1) is 0 Å². The summed E-state index contributed by atoms with van der Waals surface area (Å²) in [5.41, 5.74) is 7.28. The van der Waals surface area contributed by atoms with Gasteiger partial charge in [-0.25, -0.2) is 0 Å². The molecule has 1 aromatic carbocycles. The molecule has 0 aliphatic carbocycles. The van der Waals surface area contributed by atoms with Gasteiger partial charge >= 0.3 is 0 Å². The SMILES string of the molecule is COCC1CCN(CC(CN)c2ccccc2)C1. The largest absolute Gasteiger partial charge is 0.384 e. The molecular weight excluding hydrogens is 224 g/mol. The first-order valence-electron chi connectivity index (χ1n) is 6.79. The van der Waals surface area contributed by atoms with Crippen LogP contribution in [0.15, 0.2) is 30.3 Å². The Kier molecular flexibility index (Phi) is 5.17. The van der Waals surface area contributed by atoms with Crippen molar-refractivity contribution in [3.05, 3.63) is 35.9 Å². The van der Waals surface area contributed by atoms with Crippen molar-refractivity contribution in [2.45, 2.75) is 12.3 Å². The Morgan fingerprint density at radius 1 is 1.39 bits per heavy atom. The van der Waals surface area contributed by atoms with Crippen molar-refractivity contribution in [2.24, 2.45) is 11.7 Å². The van der Waals surface area contributed by atoms with E-state index in [-0.39, 0.29) is 0 Å². The van der Waals surface area contributed by atoms with Crippen molar-refractivity contribution in [2.75, 3.05) is 39.9 Å². The first-order chi connectivity index (χ1) is 8.83. The summed E-state index contributed by atoms with van der Waals surface area (Å²) in [7, 11) is 1.79. The van der Waals surface area contributed by atoms with Crippen LogP contribution in [-0.4, -0.2) is 44.8 Å². The molecule has 2 rings (SSSR count). The Labute approximate surface area is 110 Å². The van der Waals surface area contributed by atoms with E-state index < -0.39 is 0 Å². The second kappa shape index (κ2) is 6.88. The zero-order valence-corrected chi connectivity index (χ0v) is 11.2. The Balaban J connectivity index is 1.88. The fraction of sp³-hybridized carbons (Fsp3) is 0.600. The fourth-order valence-electron chi connectivity index (χ4n) is 2.80. The van der Waals surface area contributed by atoms with E-state index in [0.717, 1.165) is 26.2 Å². The zero-order valence-electron chi connectivity index (χ0n) is 11.2. The maximum Gasteiger partial charge on any atom is 0.0503 e. The lowest BCUT2D eigenvalue weighted by Gasteiger charge is -2.23. The number of nitrogens with zero attached hydrogens (tertiary/aromatic N) is 1. The number of nitrogens with two attached hydrogens (primary N) is 1. The standard InChI is InChI=1S/C15H24N2O/c1-18-12-13-7-8-17(10-13)11-15(9-16)14-5-3-2-4-6-14/h2-6,13,15H,7-12,16H2,1H3. The average molecular weight is 248 g/mol. The van der Waals surface area contributed by atoms with Crippen molar-refractivity contribution in [3.63, 3.8) is 0 Å². The van der Waals surface area contributed by atoms with Gasteiger partial charge in [-0.05, 0) is 24.4 Å². The number of methoxy groups -OCH3 is 1. The van der Waals surface area contributed by atoms with Gasteiger partial charge in [0.05, 0.1) is 6.61 Å². The third-order valence-corrected chi connectivity index (χ3v) is 3.81. The lowest BCUT2D eigenvalue weighted by Crippen LogP contribution is -2.30. The van der Waals surface area contributed by atoms with Crippen LogP contribution in [0.1, 0.15) is 17.9 Å². The molecule has 2 N–H and O–H groups in total. The summed E-state index contributed by atoms with van der Waals surface area (Å²) in [6.07, 6.45) is 1.25. The molecule has 0 aromatic heterocycles. The highest BCUT2D eigenvalue weighted by atomic mass is 16.5. The summed E-state index contributed by atoms with van der Waals surface area (Å²) in [5.74, 6) is 1.15. The van der Waals surface area contributed by atoms with Gasteiger partial charge in [0.15, 0.2) is 0 Å². The Hall–Kier alpha value is -0.900. The normalized spacial score (nSPS) is 22.2. The van der Waals surface area contributed by atoms with Crippen molar-refractivity contribution < 1.29 is 4.74 Å². The van der Waals surface area contributed by atoms with Crippen molar-refractivity contribution in [1.29, 1.82) is 0 Å². The molecule has 18 heavy (non-hydrogen) atoms. The maximum atomic E-state index is 5.92. The van der Waals surface area contributed by atoms with E-state index in [0.29, 0.717) is 11.8 Å². The Morgan fingerprint density at radius 3 is 2.83 bits per heavy atom. The Morgan fingerprint density at radius 2 is 2.17 bits per heavy atom. The van der Waals surface area contributed by atoms with E-state index in [9.17, 15) is 0 Å². The van der Waals surface area contributed by atoms with Crippen LogP contribution in [0, 0.1) is 5.92 Å². The van der Waals surface area contributed by atoms with Crippen molar-refractivity contribution in [3.8, 4) is 0 Å². The van der Waals surface area contributed by atoms with E-state index in [1.54, 1.807) is 7.11 Å². The van der Waals surface area contributed by atoms with Crippen molar-refractivity contribution in [1.82, 2.24) is 4.90 Å². The van der Waals surface area contributed by atoms with Crippen LogP contribution < -0.4 is 5.73 Å². The number of hydrogen-bond acceptors (Lipinski definition) is 3. The third kappa shape index (κ3) is 3.55. The average Bonchev–Trinajstić information content (AvgIpc) is 2.85. The Bertz CT molecular complexity index is 342. The van der Waals surface area contributed by atoms with Crippen LogP contribution in [-0.2, 0) is 4.74 Å². The highest BCUT2D eigenvalue weighted by Gasteiger charge is 2.24. The highest BCUT2D eigenvalue weighted by Crippen LogP contribution is 2.21. The van der Waals surface area contributed by atoms with E-state index in [1.807, 2.05) is 0 Å². The molecule has 1 aromatic rings. The lowest BCUT2D eigenvalue weighted by molar-refractivity contribution is 0.152. The minimum atomic E-state index is 0.451. The van der Waals surface area contributed by atoms with E-state index in [2.05, 4.69) is 35.2 Å².